The minimum absolute atomic E-state index is 0.262. The Labute approximate surface area is 98.8 Å². The van der Waals surface area contributed by atoms with Crippen LogP contribution in [0.25, 0.3) is 0 Å². The maximum atomic E-state index is 6.42. The lowest BCUT2D eigenvalue weighted by molar-refractivity contribution is 0.303. The minimum atomic E-state index is -0.262. The molecule has 0 aromatic heterocycles. The highest BCUT2D eigenvalue weighted by Gasteiger charge is 2.27. The summed E-state index contributed by atoms with van der Waals surface area (Å²) < 4.78 is 5.15. The van der Waals surface area contributed by atoms with E-state index in [2.05, 4.69) is 32.9 Å². The van der Waals surface area contributed by atoms with Gasteiger partial charge in [-0.05, 0) is 37.0 Å². The Kier molecular flexibility index (Phi) is 4.36. The molecule has 0 aliphatic heterocycles. The van der Waals surface area contributed by atoms with Gasteiger partial charge < -0.3 is 10.5 Å². The largest absolute Gasteiger partial charge is 0.497 e. The van der Waals surface area contributed by atoms with E-state index in [1.807, 2.05) is 12.1 Å². The first kappa shape index (κ1) is 13.0. The standard InChI is InChI=1S/C14H23NO/c1-5-6-11(2)14(3,15)12-7-9-13(16-4)10-8-12/h7-11H,5-6,15H2,1-4H3. The number of hydrogen-bond acceptors (Lipinski definition) is 2. The van der Waals surface area contributed by atoms with Crippen molar-refractivity contribution in [3.8, 4) is 5.75 Å². The third-order valence-corrected chi connectivity index (χ3v) is 3.46. The van der Waals surface area contributed by atoms with Crippen molar-refractivity contribution in [3.63, 3.8) is 0 Å². The molecule has 0 saturated heterocycles. The van der Waals surface area contributed by atoms with E-state index in [1.54, 1.807) is 7.11 Å². The lowest BCUT2D eigenvalue weighted by Gasteiger charge is -2.32. The summed E-state index contributed by atoms with van der Waals surface area (Å²) in [6.07, 6.45) is 2.32. The first-order valence-corrected chi connectivity index (χ1v) is 5.95. The van der Waals surface area contributed by atoms with E-state index in [1.165, 1.54) is 12.0 Å². The minimum Gasteiger partial charge on any atom is -0.497 e. The first-order chi connectivity index (χ1) is 7.52. The Balaban J connectivity index is 2.88. The zero-order valence-electron chi connectivity index (χ0n) is 10.8. The zero-order valence-corrected chi connectivity index (χ0v) is 10.8. The van der Waals surface area contributed by atoms with Gasteiger partial charge in [0.25, 0.3) is 0 Å². The fraction of sp³-hybridized carbons (Fsp3) is 0.571. The highest BCUT2D eigenvalue weighted by molar-refractivity contribution is 5.31. The SMILES string of the molecule is CCCC(C)C(C)(N)c1ccc(OC)cc1. The second-order valence-electron chi connectivity index (χ2n) is 4.70. The van der Waals surface area contributed by atoms with Crippen LogP contribution in [0.5, 0.6) is 5.75 Å². The van der Waals surface area contributed by atoms with Crippen LogP contribution in [0.2, 0.25) is 0 Å². The lowest BCUT2D eigenvalue weighted by Crippen LogP contribution is -2.39. The van der Waals surface area contributed by atoms with Gasteiger partial charge in [0.15, 0.2) is 0 Å². The van der Waals surface area contributed by atoms with Gasteiger partial charge in [-0.2, -0.15) is 0 Å². The number of nitrogens with two attached hydrogens (primary N) is 1. The van der Waals surface area contributed by atoms with Gasteiger partial charge in [0, 0.05) is 5.54 Å². The maximum absolute atomic E-state index is 6.42. The third-order valence-electron chi connectivity index (χ3n) is 3.46. The molecule has 0 fully saturated rings. The van der Waals surface area contributed by atoms with Crippen molar-refractivity contribution < 1.29 is 4.74 Å². The molecule has 0 heterocycles. The molecule has 2 unspecified atom stereocenters. The van der Waals surface area contributed by atoms with Gasteiger partial charge in [0.1, 0.15) is 5.75 Å². The summed E-state index contributed by atoms with van der Waals surface area (Å²) in [5, 5.41) is 0. The van der Waals surface area contributed by atoms with Crippen LogP contribution >= 0.6 is 0 Å². The van der Waals surface area contributed by atoms with E-state index >= 15 is 0 Å². The molecule has 16 heavy (non-hydrogen) atoms. The van der Waals surface area contributed by atoms with Crippen LogP contribution in [0.1, 0.15) is 39.2 Å². The molecular weight excluding hydrogens is 198 g/mol. The summed E-state index contributed by atoms with van der Waals surface area (Å²) >= 11 is 0. The molecule has 2 nitrogen and oxygen atoms in total. The average molecular weight is 221 g/mol. The lowest BCUT2D eigenvalue weighted by atomic mass is 9.79. The third kappa shape index (κ3) is 2.76. The van der Waals surface area contributed by atoms with Crippen LogP contribution in [0, 0.1) is 5.92 Å². The van der Waals surface area contributed by atoms with Crippen molar-refractivity contribution in [1.29, 1.82) is 0 Å². The van der Waals surface area contributed by atoms with Gasteiger partial charge in [-0.25, -0.2) is 0 Å². The van der Waals surface area contributed by atoms with Crippen LogP contribution in [-0.2, 0) is 5.54 Å². The molecule has 0 spiro atoms. The van der Waals surface area contributed by atoms with Crippen molar-refractivity contribution in [3.05, 3.63) is 29.8 Å². The maximum Gasteiger partial charge on any atom is 0.118 e. The van der Waals surface area contributed by atoms with Gasteiger partial charge >= 0.3 is 0 Å². The number of hydrogen-bond donors (Lipinski definition) is 1. The summed E-state index contributed by atoms with van der Waals surface area (Å²) in [5.74, 6) is 1.36. The molecule has 0 bridgehead atoms. The Morgan fingerprint density at radius 3 is 2.31 bits per heavy atom. The number of rotatable bonds is 5. The summed E-state index contributed by atoms with van der Waals surface area (Å²) in [6.45, 7) is 6.52. The highest BCUT2D eigenvalue weighted by atomic mass is 16.5. The van der Waals surface area contributed by atoms with Gasteiger partial charge in [0.05, 0.1) is 7.11 Å². The van der Waals surface area contributed by atoms with Gasteiger partial charge in [0.2, 0.25) is 0 Å². The summed E-state index contributed by atoms with van der Waals surface area (Å²) in [6, 6.07) is 8.06. The summed E-state index contributed by atoms with van der Waals surface area (Å²) in [4.78, 5) is 0. The smallest absolute Gasteiger partial charge is 0.118 e. The fourth-order valence-electron chi connectivity index (χ4n) is 1.97. The molecule has 0 aliphatic rings. The molecule has 2 N–H and O–H groups in total. The fourth-order valence-corrected chi connectivity index (χ4v) is 1.97. The molecule has 2 heteroatoms. The molecule has 90 valence electrons. The number of ether oxygens (including phenoxy) is 1. The molecule has 1 aromatic rings. The highest BCUT2D eigenvalue weighted by Crippen LogP contribution is 2.30. The van der Waals surface area contributed by atoms with Crippen LogP contribution in [0.4, 0.5) is 0 Å². The van der Waals surface area contributed by atoms with Crippen molar-refractivity contribution >= 4 is 0 Å². The zero-order chi connectivity index (χ0) is 12.2. The number of benzene rings is 1. The predicted octanol–water partition coefficient (Wildman–Crippen LogP) is 3.31. The Hall–Kier alpha value is -1.02. The second-order valence-corrected chi connectivity index (χ2v) is 4.70. The van der Waals surface area contributed by atoms with E-state index < -0.39 is 0 Å². The van der Waals surface area contributed by atoms with Crippen LogP contribution in [0.3, 0.4) is 0 Å². The van der Waals surface area contributed by atoms with Crippen molar-refractivity contribution in [1.82, 2.24) is 0 Å². The first-order valence-electron chi connectivity index (χ1n) is 5.95. The van der Waals surface area contributed by atoms with Crippen molar-refractivity contribution in [2.24, 2.45) is 11.7 Å². The molecule has 1 aromatic carbocycles. The summed E-state index contributed by atoms with van der Waals surface area (Å²) in [5.41, 5.74) is 7.33. The molecule has 2 atom stereocenters. The van der Waals surface area contributed by atoms with Crippen LogP contribution < -0.4 is 10.5 Å². The topological polar surface area (TPSA) is 35.2 Å². The molecule has 0 aliphatic carbocycles. The van der Waals surface area contributed by atoms with Gasteiger partial charge in [-0.15, -0.1) is 0 Å². The Morgan fingerprint density at radius 1 is 1.31 bits per heavy atom. The van der Waals surface area contributed by atoms with Crippen LogP contribution in [-0.4, -0.2) is 7.11 Å². The van der Waals surface area contributed by atoms with Crippen LogP contribution in [0.15, 0.2) is 24.3 Å². The molecule has 1 rings (SSSR count). The molecule has 0 radical (unpaired) electrons. The predicted molar refractivity (Wildman–Crippen MR) is 68.6 cm³/mol. The monoisotopic (exact) mass is 221 g/mol. The second kappa shape index (κ2) is 5.35. The summed E-state index contributed by atoms with van der Waals surface area (Å²) in [7, 11) is 1.68. The van der Waals surface area contributed by atoms with Crippen molar-refractivity contribution in [2.75, 3.05) is 7.11 Å². The van der Waals surface area contributed by atoms with Gasteiger partial charge in [-0.1, -0.05) is 32.4 Å². The van der Waals surface area contributed by atoms with E-state index in [-0.39, 0.29) is 5.54 Å². The molecule has 0 amide bonds. The normalized spacial score (nSPS) is 16.6. The molecular formula is C14H23NO. The quantitative estimate of drug-likeness (QED) is 0.828. The Morgan fingerprint density at radius 2 is 1.88 bits per heavy atom. The number of methoxy groups -OCH3 is 1. The van der Waals surface area contributed by atoms with Gasteiger partial charge in [-0.3, -0.25) is 0 Å². The average Bonchev–Trinajstić information content (AvgIpc) is 2.29. The van der Waals surface area contributed by atoms with Crippen molar-refractivity contribution in [2.45, 2.75) is 39.2 Å². The van der Waals surface area contributed by atoms with E-state index in [9.17, 15) is 0 Å². The Bertz CT molecular complexity index is 316. The molecule has 0 saturated carbocycles. The van der Waals surface area contributed by atoms with E-state index in [0.29, 0.717) is 5.92 Å². The van der Waals surface area contributed by atoms with E-state index in [4.69, 9.17) is 10.5 Å². The van der Waals surface area contributed by atoms with E-state index in [0.717, 1.165) is 12.2 Å².